The first-order valence-corrected chi connectivity index (χ1v) is 6.32. The van der Waals surface area contributed by atoms with Crippen molar-refractivity contribution in [3.8, 4) is 0 Å². The van der Waals surface area contributed by atoms with Gasteiger partial charge in [-0.15, -0.1) is 0 Å². The Kier molecular flexibility index (Phi) is 6.15. The number of nitrogens with zero attached hydrogens (tertiary/aromatic N) is 1. The molecule has 106 valence electrons. The molecular formula is C13H25NO4. The van der Waals surface area contributed by atoms with Gasteiger partial charge in [0.05, 0.1) is 0 Å². The van der Waals surface area contributed by atoms with Crippen molar-refractivity contribution in [2.45, 2.75) is 59.6 Å². The van der Waals surface area contributed by atoms with Gasteiger partial charge in [-0.05, 0) is 33.1 Å². The molecule has 1 amide bonds. The summed E-state index contributed by atoms with van der Waals surface area (Å²) in [6.45, 7) is 11.1. The second kappa shape index (κ2) is 6.61. The van der Waals surface area contributed by atoms with Crippen LogP contribution in [0.3, 0.4) is 0 Å². The van der Waals surface area contributed by atoms with Crippen LogP contribution >= 0.6 is 0 Å². The van der Waals surface area contributed by atoms with Crippen molar-refractivity contribution in [2.24, 2.45) is 5.92 Å². The minimum atomic E-state index is -0.996. The number of amides is 1. The maximum atomic E-state index is 12.0. The van der Waals surface area contributed by atoms with Gasteiger partial charge in [0.25, 0.3) is 0 Å². The zero-order chi connectivity index (χ0) is 14.5. The molecule has 0 saturated heterocycles. The van der Waals surface area contributed by atoms with Gasteiger partial charge in [0.15, 0.2) is 0 Å². The van der Waals surface area contributed by atoms with E-state index in [0.29, 0.717) is 13.0 Å². The lowest BCUT2D eigenvalue weighted by Crippen LogP contribution is -2.50. The molecular weight excluding hydrogens is 234 g/mol. The highest BCUT2D eigenvalue weighted by atomic mass is 16.6. The summed E-state index contributed by atoms with van der Waals surface area (Å²) < 4.78 is 5.26. The molecule has 0 aromatic carbocycles. The Bertz CT molecular complexity index is 294. The second-order valence-electron chi connectivity index (χ2n) is 5.70. The summed E-state index contributed by atoms with van der Waals surface area (Å²) in [6, 6.07) is -0.847. The van der Waals surface area contributed by atoms with Crippen LogP contribution in [0.2, 0.25) is 0 Å². The molecule has 0 aromatic heterocycles. The fraction of sp³-hybridized carbons (Fsp3) is 0.846. The molecule has 0 aliphatic carbocycles. The van der Waals surface area contributed by atoms with E-state index in [2.05, 4.69) is 0 Å². The van der Waals surface area contributed by atoms with Gasteiger partial charge >= 0.3 is 12.1 Å². The zero-order valence-corrected chi connectivity index (χ0v) is 12.2. The topological polar surface area (TPSA) is 66.8 Å². The second-order valence-corrected chi connectivity index (χ2v) is 5.70. The first-order valence-electron chi connectivity index (χ1n) is 6.32. The molecule has 0 heterocycles. The maximum Gasteiger partial charge on any atom is 0.411 e. The quantitative estimate of drug-likeness (QED) is 0.824. The van der Waals surface area contributed by atoms with E-state index in [1.165, 1.54) is 4.90 Å². The number of ether oxygens (including phenoxy) is 1. The number of hydrogen-bond acceptors (Lipinski definition) is 3. The number of carbonyl (C=O) groups is 2. The SMILES string of the molecule is CCCN(C(=O)OC(C)(C)C)[C@H](C(=O)O)C(C)C. The van der Waals surface area contributed by atoms with Crippen molar-refractivity contribution >= 4 is 12.1 Å². The summed E-state index contributed by atoms with van der Waals surface area (Å²) >= 11 is 0. The number of hydrogen-bond donors (Lipinski definition) is 1. The minimum absolute atomic E-state index is 0.165. The van der Waals surface area contributed by atoms with Crippen LogP contribution < -0.4 is 0 Å². The van der Waals surface area contributed by atoms with E-state index >= 15 is 0 Å². The molecule has 18 heavy (non-hydrogen) atoms. The van der Waals surface area contributed by atoms with E-state index in [0.717, 1.165) is 0 Å². The van der Waals surface area contributed by atoms with Crippen LogP contribution in [0.4, 0.5) is 4.79 Å². The highest BCUT2D eigenvalue weighted by Gasteiger charge is 2.34. The third-order valence-corrected chi connectivity index (χ3v) is 2.31. The van der Waals surface area contributed by atoms with E-state index in [1.807, 2.05) is 6.92 Å². The Hall–Kier alpha value is -1.26. The van der Waals surface area contributed by atoms with Crippen molar-refractivity contribution in [2.75, 3.05) is 6.54 Å². The molecule has 0 aromatic rings. The third-order valence-electron chi connectivity index (χ3n) is 2.31. The number of carboxylic acids is 1. The average Bonchev–Trinajstić information content (AvgIpc) is 2.12. The molecule has 0 bridgehead atoms. The zero-order valence-electron chi connectivity index (χ0n) is 12.2. The molecule has 0 fully saturated rings. The molecule has 5 heteroatoms. The molecule has 0 aliphatic rings. The van der Waals surface area contributed by atoms with Crippen LogP contribution in [-0.4, -0.2) is 40.3 Å². The summed E-state index contributed by atoms with van der Waals surface area (Å²) in [7, 11) is 0. The van der Waals surface area contributed by atoms with Crippen LogP contribution in [0.15, 0.2) is 0 Å². The summed E-state index contributed by atoms with van der Waals surface area (Å²) in [6.07, 6.45) is 0.126. The van der Waals surface area contributed by atoms with Crippen LogP contribution in [0.1, 0.15) is 48.0 Å². The predicted molar refractivity (Wildman–Crippen MR) is 69.5 cm³/mol. The number of aliphatic carboxylic acids is 1. The van der Waals surface area contributed by atoms with Gasteiger partial charge in [0, 0.05) is 6.54 Å². The Morgan fingerprint density at radius 2 is 1.78 bits per heavy atom. The summed E-state index contributed by atoms with van der Waals surface area (Å²) in [5, 5.41) is 9.24. The third kappa shape index (κ3) is 5.38. The molecule has 0 spiro atoms. The lowest BCUT2D eigenvalue weighted by molar-refractivity contribution is -0.144. The van der Waals surface area contributed by atoms with E-state index < -0.39 is 23.7 Å². The standard InChI is InChI=1S/C13H25NO4/c1-7-8-14(10(9(2)3)11(15)16)12(17)18-13(4,5)6/h9-10H,7-8H2,1-6H3,(H,15,16)/t10-/m0/s1. The van der Waals surface area contributed by atoms with Crippen LogP contribution in [-0.2, 0) is 9.53 Å². The van der Waals surface area contributed by atoms with Crippen molar-refractivity contribution in [3.63, 3.8) is 0 Å². The van der Waals surface area contributed by atoms with E-state index in [1.54, 1.807) is 34.6 Å². The maximum absolute atomic E-state index is 12.0. The molecule has 0 rings (SSSR count). The number of carboxylic acid groups (broad SMARTS) is 1. The van der Waals surface area contributed by atoms with E-state index in [9.17, 15) is 14.7 Å². The van der Waals surface area contributed by atoms with Gasteiger partial charge < -0.3 is 9.84 Å². The van der Waals surface area contributed by atoms with E-state index in [4.69, 9.17) is 4.74 Å². The van der Waals surface area contributed by atoms with Gasteiger partial charge in [-0.3, -0.25) is 4.90 Å². The molecule has 0 saturated carbocycles. The Morgan fingerprint density at radius 3 is 2.06 bits per heavy atom. The Morgan fingerprint density at radius 1 is 1.28 bits per heavy atom. The fourth-order valence-electron chi connectivity index (χ4n) is 1.68. The molecule has 1 N–H and O–H groups in total. The summed E-state index contributed by atoms with van der Waals surface area (Å²) in [4.78, 5) is 24.6. The van der Waals surface area contributed by atoms with Crippen LogP contribution in [0, 0.1) is 5.92 Å². The van der Waals surface area contributed by atoms with Crippen molar-refractivity contribution < 1.29 is 19.4 Å². The smallest absolute Gasteiger partial charge is 0.411 e. The average molecular weight is 259 g/mol. The first-order chi connectivity index (χ1) is 8.10. The van der Waals surface area contributed by atoms with Crippen molar-refractivity contribution in [1.29, 1.82) is 0 Å². The van der Waals surface area contributed by atoms with Crippen molar-refractivity contribution in [3.05, 3.63) is 0 Å². The van der Waals surface area contributed by atoms with Gasteiger partial charge in [-0.2, -0.15) is 0 Å². The van der Waals surface area contributed by atoms with Gasteiger partial charge in [-0.25, -0.2) is 9.59 Å². The first kappa shape index (κ1) is 16.7. The molecule has 0 aliphatic heterocycles. The largest absolute Gasteiger partial charge is 0.480 e. The molecule has 5 nitrogen and oxygen atoms in total. The van der Waals surface area contributed by atoms with E-state index in [-0.39, 0.29) is 5.92 Å². The number of rotatable bonds is 5. The van der Waals surface area contributed by atoms with Gasteiger partial charge in [-0.1, -0.05) is 20.8 Å². The summed E-state index contributed by atoms with van der Waals surface area (Å²) in [5.74, 6) is -1.16. The monoisotopic (exact) mass is 259 g/mol. The lowest BCUT2D eigenvalue weighted by Gasteiger charge is -2.33. The fourth-order valence-corrected chi connectivity index (χ4v) is 1.68. The Balaban J connectivity index is 5.03. The normalized spacial score (nSPS) is 13.3. The minimum Gasteiger partial charge on any atom is -0.480 e. The molecule has 1 atom stereocenters. The van der Waals surface area contributed by atoms with Gasteiger partial charge in [0.2, 0.25) is 0 Å². The molecule has 0 radical (unpaired) electrons. The Labute approximate surface area is 109 Å². The van der Waals surface area contributed by atoms with Crippen LogP contribution in [0.25, 0.3) is 0 Å². The predicted octanol–water partition coefficient (Wildman–Crippen LogP) is 2.74. The van der Waals surface area contributed by atoms with Crippen LogP contribution in [0.5, 0.6) is 0 Å². The number of carbonyl (C=O) groups excluding carboxylic acids is 1. The highest BCUT2D eigenvalue weighted by molar-refractivity contribution is 5.80. The summed E-state index contributed by atoms with van der Waals surface area (Å²) in [5.41, 5.74) is -0.622. The lowest BCUT2D eigenvalue weighted by atomic mass is 10.0. The van der Waals surface area contributed by atoms with Gasteiger partial charge in [0.1, 0.15) is 11.6 Å². The molecule has 0 unspecified atom stereocenters. The highest BCUT2D eigenvalue weighted by Crippen LogP contribution is 2.17. The van der Waals surface area contributed by atoms with Crippen molar-refractivity contribution in [1.82, 2.24) is 4.90 Å².